The fourth-order valence-corrected chi connectivity index (χ4v) is 2.33. The summed E-state index contributed by atoms with van der Waals surface area (Å²) in [6, 6.07) is 16.3. The van der Waals surface area contributed by atoms with E-state index in [-0.39, 0.29) is 12.8 Å². The summed E-state index contributed by atoms with van der Waals surface area (Å²) in [5, 5.41) is 3.22. The molecule has 1 N–H and O–H groups in total. The van der Waals surface area contributed by atoms with Gasteiger partial charge in [0.2, 0.25) is 0 Å². The van der Waals surface area contributed by atoms with E-state index in [1.54, 1.807) is 0 Å². The Bertz CT molecular complexity index is 560. The summed E-state index contributed by atoms with van der Waals surface area (Å²) in [6.07, 6.45) is 0. The average molecular weight is 350 g/mol. The highest BCUT2D eigenvalue weighted by molar-refractivity contribution is 9.10. The Morgan fingerprint density at radius 3 is 2.62 bits per heavy atom. The van der Waals surface area contributed by atoms with Crippen LogP contribution in [0, 0.1) is 0 Å². The molecule has 1 unspecified atom stereocenters. The summed E-state index contributed by atoms with van der Waals surface area (Å²) in [7, 11) is 1.93. The fraction of sp³-hybridized carbons (Fsp3) is 0.294. The maximum Gasteiger partial charge on any atom is 0.189 e. The van der Waals surface area contributed by atoms with Gasteiger partial charge in [-0.25, -0.2) is 0 Å². The molecular weight excluding hydrogens is 330 g/mol. The lowest BCUT2D eigenvalue weighted by Crippen LogP contribution is -2.14. The first kappa shape index (κ1) is 16.0. The average Bonchev–Trinajstić information content (AvgIpc) is 2.52. The van der Waals surface area contributed by atoms with Crippen LogP contribution in [0.15, 0.2) is 53.0 Å². The van der Waals surface area contributed by atoms with E-state index in [0.717, 1.165) is 21.3 Å². The Labute approximate surface area is 134 Å². The summed E-state index contributed by atoms with van der Waals surface area (Å²) in [4.78, 5) is 0. The molecule has 0 radical (unpaired) electrons. The van der Waals surface area contributed by atoms with Gasteiger partial charge in [-0.15, -0.1) is 0 Å². The van der Waals surface area contributed by atoms with Crippen molar-refractivity contribution in [2.45, 2.75) is 19.6 Å². The van der Waals surface area contributed by atoms with Crippen LogP contribution in [0.25, 0.3) is 0 Å². The van der Waals surface area contributed by atoms with Gasteiger partial charge >= 0.3 is 0 Å². The van der Waals surface area contributed by atoms with Crippen molar-refractivity contribution >= 4 is 15.9 Å². The molecular formula is C17H20BrNO2. The SMILES string of the molecule is CNC(C)c1ccc(Br)cc1OCOCc1ccccc1. The van der Waals surface area contributed by atoms with E-state index >= 15 is 0 Å². The molecule has 0 aliphatic carbocycles. The van der Waals surface area contributed by atoms with Crippen LogP contribution in [-0.4, -0.2) is 13.8 Å². The first-order valence-corrected chi connectivity index (χ1v) is 7.71. The maximum absolute atomic E-state index is 5.77. The van der Waals surface area contributed by atoms with Gasteiger partial charge in [0, 0.05) is 16.1 Å². The molecule has 2 rings (SSSR count). The monoisotopic (exact) mass is 349 g/mol. The number of hydrogen-bond donors (Lipinski definition) is 1. The van der Waals surface area contributed by atoms with E-state index < -0.39 is 0 Å². The molecule has 0 bridgehead atoms. The lowest BCUT2D eigenvalue weighted by Gasteiger charge is -2.17. The third-order valence-corrected chi connectivity index (χ3v) is 3.78. The Kier molecular flexibility index (Phi) is 6.23. The van der Waals surface area contributed by atoms with Crippen molar-refractivity contribution in [3.63, 3.8) is 0 Å². The molecule has 0 saturated carbocycles. The maximum atomic E-state index is 5.77. The fourth-order valence-electron chi connectivity index (χ4n) is 1.99. The van der Waals surface area contributed by atoms with Gasteiger partial charge in [0.05, 0.1) is 6.61 Å². The van der Waals surface area contributed by atoms with Gasteiger partial charge in [-0.2, -0.15) is 0 Å². The van der Waals surface area contributed by atoms with Crippen molar-refractivity contribution in [3.05, 3.63) is 64.1 Å². The van der Waals surface area contributed by atoms with Gasteiger partial charge in [-0.3, -0.25) is 0 Å². The quantitative estimate of drug-likeness (QED) is 0.597. The Morgan fingerprint density at radius 2 is 1.90 bits per heavy atom. The van der Waals surface area contributed by atoms with Crippen LogP contribution >= 0.6 is 15.9 Å². The lowest BCUT2D eigenvalue weighted by atomic mass is 10.1. The van der Waals surface area contributed by atoms with Crippen LogP contribution in [0.3, 0.4) is 0 Å². The van der Waals surface area contributed by atoms with Crippen LogP contribution in [-0.2, 0) is 11.3 Å². The number of halogens is 1. The first-order valence-electron chi connectivity index (χ1n) is 6.92. The molecule has 0 aromatic heterocycles. The van der Waals surface area contributed by atoms with Crippen LogP contribution in [0.2, 0.25) is 0 Å². The number of rotatable bonds is 7. The third kappa shape index (κ3) is 4.84. The highest BCUT2D eigenvalue weighted by Gasteiger charge is 2.10. The molecule has 1 atom stereocenters. The summed E-state index contributed by atoms with van der Waals surface area (Å²) in [5.74, 6) is 0.833. The van der Waals surface area contributed by atoms with Crippen molar-refractivity contribution in [1.82, 2.24) is 5.32 Å². The van der Waals surface area contributed by atoms with Gasteiger partial charge in [-0.1, -0.05) is 52.3 Å². The Balaban J connectivity index is 1.91. The van der Waals surface area contributed by atoms with E-state index in [9.17, 15) is 0 Å². The molecule has 2 aromatic carbocycles. The number of benzene rings is 2. The predicted octanol–water partition coefficient (Wildman–Crippen LogP) is 4.28. The molecule has 0 fully saturated rings. The van der Waals surface area contributed by atoms with E-state index in [1.165, 1.54) is 0 Å². The van der Waals surface area contributed by atoms with E-state index in [2.05, 4.69) is 34.2 Å². The minimum absolute atomic E-state index is 0.224. The molecule has 0 amide bonds. The van der Waals surface area contributed by atoms with Gasteiger partial charge in [0.1, 0.15) is 5.75 Å². The third-order valence-electron chi connectivity index (χ3n) is 3.28. The molecule has 0 aliphatic heterocycles. The highest BCUT2D eigenvalue weighted by Crippen LogP contribution is 2.28. The Hall–Kier alpha value is -1.36. The topological polar surface area (TPSA) is 30.5 Å². The number of nitrogens with one attached hydrogen (secondary N) is 1. The molecule has 4 heteroatoms. The van der Waals surface area contributed by atoms with E-state index in [0.29, 0.717) is 6.61 Å². The largest absolute Gasteiger partial charge is 0.467 e. The van der Waals surface area contributed by atoms with Crippen LogP contribution in [0.1, 0.15) is 24.1 Å². The van der Waals surface area contributed by atoms with Gasteiger partial charge in [0.15, 0.2) is 6.79 Å². The predicted molar refractivity (Wildman–Crippen MR) is 88.3 cm³/mol. The van der Waals surface area contributed by atoms with E-state index in [4.69, 9.17) is 9.47 Å². The minimum Gasteiger partial charge on any atom is -0.467 e. The summed E-state index contributed by atoms with van der Waals surface area (Å²) in [5.41, 5.74) is 2.25. The summed E-state index contributed by atoms with van der Waals surface area (Å²) < 4.78 is 12.3. The Morgan fingerprint density at radius 1 is 1.14 bits per heavy atom. The zero-order valence-electron chi connectivity index (χ0n) is 12.3. The molecule has 0 heterocycles. The second kappa shape index (κ2) is 8.17. The normalized spacial score (nSPS) is 12.1. The first-order chi connectivity index (χ1) is 10.2. The van der Waals surface area contributed by atoms with E-state index in [1.807, 2.05) is 49.5 Å². The van der Waals surface area contributed by atoms with Crippen LogP contribution in [0.5, 0.6) is 5.75 Å². The van der Waals surface area contributed by atoms with Crippen molar-refractivity contribution in [2.24, 2.45) is 0 Å². The van der Waals surface area contributed by atoms with Gasteiger partial charge in [-0.05, 0) is 31.7 Å². The van der Waals surface area contributed by atoms with Gasteiger partial charge < -0.3 is 14.8 Å². The summed E-state index contributed by atoms with van der Waals surface area (Å²) >= 11 is 3.47. The van der Waals surface area contributed by atoms with Crippen LogP contribution in [0.4, 0.5) is 0 Å². The zero-order chi connectivity index (χ0) is 15.1. The van der Waals surface area contributed by atoms with Crippen molar-refractivity contribution < 1.29 is 9.47 Å². The number of ether oxygens (including phenoxy) is 2. The molecule has 3 nitrogen and oxygen atoms in total. The van der Waals surface area contributed by atoms with Crippen molar-refractivity contribution in [1.29, 1.82) is 0 Å². The molecule has 0 spiro atoms. The molecule has 2 aromatic rings. The zero-order valence-corrected chi connectivity index (χ0v) is 13.9. The molecule has 0 saturated heterocycles. The highest BCUT2D eigenvalue weighted by atomic mass is 79.9. The second-order valence-electron chi connectivity index (χ2n) is 4.79. The lowest BCUT2D eigenvalue weighted by molar-refractivity contribution is 0.00430. The standard InChI is InChI=1S/C17H20BrNO2/c1-13(19-2)16-9-8-15(18)10-17(16)21-12-20-11-14-6-4-3-5-7-14/h3-10,13,19H,11-12H2,1-2H3. The minimum atomic E-state index is 0.224. The molecule has 21 heavy (non-hydrogen) atoms. The number of hydrogen-bond acceptors (Lipinski definition) is 3. The smallest absolute Gasteiger partial charge is 0.189 e. The summed E-state index contributed by atoms with van der Waals surface area (Å²) in [6.45, 7) is 2.88. The molecule has 112 valence electrons. The molecule has 0 aliphatic rings. The van der Waals surface area contributed by atoms with Crippen molar-refractivity contribution in [2.75, 3.05) is 13.8 Å². The van der Waals surface area contributed by atoms with Gasteiger partial charge in [0.25, 0.3) is 0 Å². The van der Waals surface area contributed by atoms with Crippen molar-refractivity contribution in [3.8, 4) is 5.75 Å². The second-order valence-corrected chi connectivity index (χ2v) is 5.70. The van der Waals surface area contributed by atoms with Crippen LogP contribution < -0.4 is 10.1 Å².